The van der Waals surface area contributed by atoms with Gasteiger partial charge in [-0.2, -0.15) is 0 Å². The van der Waals surface area contributed by atoms with Crippen molar-refractivity contribution in [3.05, 3.63) is 54.1 Å². The van der Waals surface area contributed by atoms with Crippen LogP contribution in [0.5, 0.6) is 0 Å². The molecule has 118 valence electrons. The van der Waals surface area contributed by atoms with E-state index >= 15 is 0 Å². The van der Waals surface area contributed by atoms with E-state index in [1.54, 1.807) is 0 Å². The topological polar surface area (TPSA) is 41.3 Å². The average molecular weight is 299 g/mol. The zero-order chi connectivity index (χ0) is 15.4. The maximum atomic E-state index is 10.5. The van der Waals surface area contributed by atoms with Crippen molar-refractivity contribution in [2.24, 2.45) is 5.92 Å². The van der Waals surface area contributed by atoms with Crippen LogP contribution in [0.3, 0.4) is 0 Å². The van der Waals surface area contributed by atoms with Gasteiger partial charge < -0.3 is 9.67 Å². The summed E-state index contributed by atoms with van der Waals surface area (Å²) in [5.41, 5.74) is 1.04. The van der Waals surface area contributed by atoms with Gasteiger partial charge in [-0.05, 0) is 44.3 Å². The first-order valence-electron chi connectivity index (χ1n) is 8.23. The van der Waals surface area contributed by atoms with E-state index in [1.807, 2.05) is 42.7 Å². The summed E-state index contributed by atoms with van der Waals surface area (Å²) in [5.74, 6) is 1.51. The number of aryl methyl sites for hydroxylation is 1. The summed E-state index contributed by atoms with van der Waals surface area (Å²) < 4.78 is 2.20. The normalized spacial score (nSPS) is 18.5. The van der Waals surface area contributed by atoms with Crippen molar-refractivity contribution in [3.8, 4) is 0 Å². The Labute approximate surface area is 132 Å². The van der Waals surface area contributed by atoms with Crippen molar-refractivity contribution in [3.63, 3.8) is 0 Å². The van der Waals surface area contributed by atoms with Crippen LogP contribution in [0, 0.1) is 5.92 Å². The van der Waals surface area contributed by atoms with Crippen molar-refractivity contribution in [2.75, 3.05) is 13.1 Å². The molecule has 0 spiro atoms. The van der Waals surface area contributed by atoms with Crippen molar-refractivity contribution < 1.29 is 5.11 Å². The van der Waals surface area contributed by atoms with Gasteiger partial charge in [-0.1, -0.05) is 30.3 Å². The van der Waals surface area contributed by atoms with Crippen LogP contribution in [-0.4, -0.2) is 32.6 Å². The number of piperidine rings is 1. The minimum Gasteiger partial charge on any atom is -0.388 e. The number of benzene rings is 1. The highest BCUT2D eigenvalue weighted by atomic mass is 16.3. The summed E-state index contributed by atoms with van der Waals surface area (Å²) in [6, 6.07) is 10.0. The number of hydrogen-bond acceptors (Lipinski definition) is 3. The molecule has 0 amide bonds. The number of aliphatic hydroxyl groups excluding tert-OH is 1. The summed E-state index contributed by atoms with van der Waals surface area (Å²) in [6.45, 7) is 6.09. The fourth-order valence-corrected chi connectivity index (χ4v) is 3.33. The second-order valence-electron chi connectivity index (χ2n) is 6.10. The zero-order valence-electron chi connectivity index (χ0n) is 13.2. The Kier molecular flexibility index (Phi) is 4.90. The molecule has 1 unspecified atom stereocenters. The van der Waals surface area contributed by atoms with Crippen LogP contribution in [0.15, 0.2) is 42.7 Å². The lowest BCUT2D eigenvalue weighted by Crippen LogP contribution is -2.35. The quantitative estimate of drug-likeness (QED) is 0.923. The number of aliphatic hydroxyl groups is 1. The van der Waals surface area contributed by atoms with Crippen LogP contribution < -0.4 is 0 Å². The lowest BCUT2D eigenvalue weighted by Gasteiger charge is -2.34. The van der Waals surface area contributed by atoms with E-state index in [2.05, 4.69) is 21.4 Å². The minimum absolute atomic E-state index is 0.332. The van der Waals surface area contributed by atoms with Gasteiger partial charge in [-0.15, -0.1) is 0 Å². The standard InChI is InChI=1S/C18H25N3O/c1-2-21-13-10-19-17(21)14-20-11-8-16(9-12-20)18(22)15-6-4-3-5-7-15/h3-7,10,13,16,18,22H,2,8-9,11-12,14H2,1H3. The van der Waals surface area contributed by atoms with E-state index in [-0.39, 0.29) is 6.10 Å². The van der Waals surface area contributed by atoms with E-state index in [0.29, 0.717) is 5.92 Å². The Hall–Kier alpha value is -1.65. The van der Waals surface area contributed by atoms with Gasteiger partial charge >= 0.3 is 0 Å². The SMILES string of the molecule is CCn1ccnc1CN1CCC(C(O)c2ccccc2)CC1. The van der Waals surface area contributed by atoms with E-state index < -0.39 is 0 Å². The van der Waals surface area contributed by atoms with Gasteiger partial charge in [-0.3, -0.25) is 4.90 Å². The van der Waals surface area contributed by atoms with E-state index in [1.165, 1.54) is 0 Å². The number of nitrogens with zero attached hydrogens (tertiary/aromatic N) is 3. The number of imidazole rings is 1. The molecule has 4 heteroatoms. The van der Waals surface area contributed by atoms with Gasteiger partial charge in [0.25, 0.3) is 0 Å². The summed E-state index contributed by atoms with van der Waals surface area (Å²) in [4.78, 5) is 6.90. The first-order valence-corrected chi connectivity index (χ1v) is 8.23. The van der Waals surface area contributed by atoms with Gasteiger partial charge in [-0.25, -0.2) is 4.98 Å². The van der Waals surface area contributed by atoms with E-state index in [4.69, 9.17) is 0 Å². The highest BCUT2D eigenvalue weighted by Crippen LogP contribution is 2.30. The molecule has 0 aliphatic carbocycles. The number of aromatic nitrogens is 2. The molecule has 1 aromatic heterocycles. The molecule has 0 radical (unpaired) electrons. The molecular formula is C18H25N3O. The molecule has 4 nitrogen and oxygen atoms in total. The molecule has 3 rings (SSSR count). The van der Waals surface area contributed by atoms with Gasteiger partial charge in [0.15, 0.2) is 0 Å². The third-order valence-corrected chi connectivity index (χ3v) is 4.73. The molecule has 0 bridgehead atoms. The Morgan fingerprint density at radius 3 is 2.64 bits per heavy atom. The fraction of sp³-hybridized carbons (Fsp3) is 0.500. The molecule has 1 atom stereocenters. The van der Waals surface area contributed by atoms with Crippen molar-refractivity contribution in [1.29, 1.82) is 0 Å². The molecule has 2 aromatic rings. The van der Waals surface area contributed by atoms with Crippen LogP contribution in [0.2, 0.25) is 0 Å². The number of likely N-dealkylation sites (tertiary alicyclic amines) is 1. The molecule has 22 heavy (non-hydrogen) atoms. The van der Waals surface area contributed by atoms with Crippen LogP contribution in [0.1, 0.15) is 37.3 Å². The third-order valence-electron chi connectivity index (χ3n) is 4.73. The second-order valence-corrected chi connectivity index (χ2v) is 6.10. The van der Waals surface area contributed by atoms with Crippen LogP contribution in [0.25, 0.3) is 0 Å². The van der Waals surface area contributed by atoms with Gasteiger partial charge in [0, 0.05) is 18.9 Å². The molecule has 2 heterocycles. The van der Waals surface area contributed by atoms with Crippen molar-refractivity contribution in [2.45, 2.75) is 39.0 Å². The van der Waals surface area contributed by atoms with Crippen molar-refractivity contribution in [1.82, 2.24) is 14.5 Å². The first-order chi connectivity index (χ1) is 10.8. The molecule has 1 aromatic carbocycles. The predicted octanol–water partition coefficient (Wildman–Crippen LogP) is 2.85. The maximum absolute atomic E-state index is 10.5. The molecular weight excluding hydrogens is 274 g/mol. The third kappa shape index (κ3) is 3.39. The van der Waals surface area contributed by atoms with Gasteiger partial charge in [0.05, 0.1) is 12.6 Å². The Bertz CT molecular complexity index is 573. The second kappa shape index (κ2) is 7.07. The minimum atomic E-state index is -0.332. The van der Waals surface area contributed by atoms with E-state index in [0.717, 1.165) is 50.4 Å². The highest BCUT2D eigenvalue weighted by molar-refractivity contribution is 5.18. The average Bonchev–Trinajstić information content (AvgIpc) is 3.03. The first kappa shape index (κ1) is 15.3. The summed E-state index contributed by atoms with van der Waals surface area (Å²) in [6.07, 6.45) is 5.68. The highest BCUT2D eigenvalue weighted by Gasteiger charge is 2.26. The van der Waals surface area contributed by atoms with Crippen LogP contribution in [-0.2, 0) is 13.1 Å². The predicted molar refractivity (Wildman–Crippen MR) is 87.3 cm³/mol. The summed E-state index contributed by atoms with van der Waals surface area (Å²) >= 11 is 0. The van der Waals surface area contributed by atoms with Crippen molar-refractivity contribution >= 4 is 0 Å². The maximum Gasteiger partial charge on any atom is 0.122 e. The number of hydrogen-bond donors (Lipinski definition) is 1. The summed E-state index contributed by atoms with van der Waals surface area (Å²) in [5, 5.41) is 10.5. The smallest absolute Gasteiger partial charge is 0.122 e. The molecule has 0 saturated carbocycles. The Morgan fingerprint density at radius 1 is 1.23 bits per heavy atom. The zero-order valence-corrected chi connectivity index (χ0v) is 13.2. The Balaban J connectivity index is 1.54. The molecule has 1 N–H and O–H groups in total. The lowest BCUT2D eigenvalue weighted by molar-refractivity contribution is 0.0557. The molecule has 1 aliphatic rings. The van der Waals surface area contributed by atoms with Gasteiger partial charge in [0.1, 0.15) is 5.82 Å². The monoisotopic (exact) mass is 299 g/mol. The number of rotatable bonds is 5. The molecule has 1 fully saturated rings. The fourth-order valence-electron chi connectivity index (χ4n) is 3.33. The largest absolute Gasteiger partial charge is 0.388 e. The summed E-state index contributed by atoms with van der Waals surface area (Å²) in [7, 11) is 0. The Morgan fingerprint density at radius 2 is 1.95 bits per heavy atom. The van der Waals surface area contributed by atoms with Crippen LogP contribution >= 0.6 is 0 Å². The lowest BCUT2D eigenvalue weighted by atomic mass is 9.87. The van der Waals surface area contributed by atoms with Crippen LogP contribution in [0.4, 0.5) is 0 Å². The molecule has 1 aliphatic heterocycles. The molecule has 1 saturated heterocycles. The van der Waals surface area contributed by atoms with E-state index in [9.17, 15) is 5.11 Å². The van der Waals surface area contributed by atoms with Gasteiger partial charge in [0.2, 0.25) is 0 Å².